The van der Waals surface area contributed by atoms with E-state index < -0.39 is 11.8 Å². The molecule has 0 saturated carbocycles. The third-order valence-corrected chi connectivity index (χ3v) is 5.50. The molecule has 0 saturated heterocycles. The zero-order valence-electron chi connectivity index (χ0n) is 18.5. The summed E-state index contributed by atoms with van der Waals surface area (Å²) in [6.07, 6.45) is 6.54. The molecule has 0 radical (unpaired) electrons. The smallest absolute Gasteiger partial charge is 0.275 e. The highest BCUT2D eigenvalue weighted by atomic mass is 35.5. The van der Waals surface area contributed by atoms with E-state index in [4.69, 9.17) is 11.6 Å². The van der Waals surface area contributed by atoms with Crippen molar-refractivity contribution in [3.8, 4) is 11.3 Å². The Morgan fingerprint density at radius 2 is 1.83 bits per heavy atom. The fourth-order valence-electron chi connectivity index (χ4n) is 3.53. The summed E-state index contributed by atoms with van der Waals surface area (Å²) in [5, 5.41) is 9.95. The summed E-state index contributed by atoms with van der Waals surface area (Å²) < 4.78 is 3.11. The van der Waals surface area contributed by atoms with Gasteiger partial charge in [0.25, 0.3) is 11.8 Å². The Morgan fingerprint density at radius 3 is 2.60 bits per heavy atom. The number of amides is 2. The monoisotopic (exact) mass is 486 g/mol. The van der Waals surface area contributed by atoms with E-state index in [-0.39, 0.29) is 17.8 Å². The van der Waals surface area contributed by atoms with E-state index in [1.807, 2.05) is 36.5 Å². The molecule has 0 fully saturated rings. The van der Waals surface area contributed by atoms with Crippen molar-refractivity contribution in [1.82, 2.24) is 34.4 Å². The number of imidazole rings is 1. The van der Waals surface area contributed by atoms with Crippen LogP contribution in [0, 0.1) is 0 Å². The van der Waals surface area contributed by atoms with Crippen LogP contribution in [0.3, 0.4) is 0 Å². The Kier molecular flexibility index (Phi) is 5.94. The summed E-state index contributed by atoms with van der Waals surface area (Å²) in [5.74, 6) is -0.230. The first kappa shape index (κ1) is 22.2. The van der Waals surface area contributed by atoms with Crippen LogP contribution in [0.1, 0.15) is 26.4 Å². The fraction of sp³-hybridized carbons (Fsp3) is 0.0833. The van der Waals surface area contributed by atoms with Crippen molar-refractivity contribution in [3.63, 3.8) is 0 Å². The molecule has 0 aliphatic heterocycles. The number of aryl methyl sites for hydroxylation is 1. The van der Waals surface area contributed by atoms with Crippen LogP contribution in [0.25, 0.3) is 17.0 Å². The zero-order chi connectivity index (χ0) is 24.4. The number of hydrogen-bond acceptors (Lipinski definition) is 6. The van der Waals surface area contributed by atoms with Crippen molar-refractivity contribution in [2.75, 3.05) is 5.32 Å². The molecule has 0 spiro atoms. The third-order valence-electron chi connectivity index (χ3n) is 5.28. The second-order valence-electron chi connectivity index (χ2n) is 7.67. The predicted octanol–water partition coefficient (Wildman–Crippen LogP) is 3.36. The number of pyridine rings is 1. The molecule has 0 unspecified atom stereocenters. The molecule has 0 aliphatic rings. The van der Waals surface area contributed by atoms with Crippen LogP contribution in [0.5, 0.6) is 0 Å². The second-order valence-corrected chi connectivity index (χ2v) is 8.06. The van der Waals surface area contributed by atoms with E-state index in [1.54, 1.807) is 42.0 Å². The molecule has 0 bridgehead atoms. The van der Waals surface area contributed by atoms with E-state index >= 15 is 0 Å². The number of nitrogens with zero attached hydrogens (tertiary/aromatic N) is 6. The molecule has 2 N–H and O–H groups in total. The van der Waals surface area contributed by atoms with Gasteiger partial charge < -0.3 is 10.6 Å². The van der Waals surface area contributed by atoms with Crippen LogP contribution in [0.4, 0.5) is 5.82 Å². The first-order valence-electron chi connectivity index (χ1n) is 10.6. The minimum absolute atomic E-state index is 0.103. The van der Waals surface area contributed by atoms with Gasteiger partial charge in [0.15, 0.2) is 0 Å². The molecule has 5 rings (SSSR count). The lowest BCUT2D eigenvalue weighted by Crippen LogP contribution is -2.27. The minimum Gasteiger partial charge on any atom is -0.348 e. The van der Waals surface area contributed by atoms with E-state index in [2.05, 4.69) is 30.7 Å². The molecule has 11 heteroatoms. The topological polar surface area (TPSA) is 119 Å². The fourth-order valence-corrected chi connectivity index (χ4v) is 3.64. The number of aromatic nitrogens is 6. The predicted molar refractivity (Wildman–Crippen MR) is 130 cm³/mol. The zero-order valence-corrected chi connectivity index (χ0v) is 19.3. The van der Waals surface area contributed by atoms with Gasteiger partial charge in [-0.1, -0.05) is 48.0 Å². The Labute approximate surface area is 204 Å². The summed E-state index contributed by atoms with van der Waals surface area (Å²) in [6.45, 7) is 0.223. The number of halogens is 1. The average molecular weight is 487 g/mol. The molecule has 1 aromatic carbocycles. The van der Waals surface area contributed by atoms with Gasteiger partial charge in [-0.2, -0.15) is 10.1 Å². The van der Waals surface area contributed by atoms with Crippen LogP contribution in [0.15, 0.2) is 73.3 Å². The summed E-state index contributed by atoms with van der Waals surface area (Å²) in [6, 6.07) is 14.8. The number of nitrogens with one attached hydrogen (secondary N) is 2. The van der Waals surface area contributed by atoms with E-state index in [9.17, 15) is 9.59 Å². The molecule has 174 valence electrons. The molecule has 0 atom stereocenters. The van der Waals surface area contributed by atoms with Crippen LogP contribution >= 0.6 is 11.6 Å². The largest absolute Gasteiger partial charge is 0.348 e. The van der Waals surface area contributed by atoms with Crippen LogP contribution < -0.4 is 10.6 Å². The Hall–Kier alpha value is -4.57. The van der Waals surface area contributed by atoms with Gasteiger partial charge in [0.05, 0.1) is 17.5 Å². The number of benzene rings is 1. The molecular formula is C24H19ClN8O2. The van der Waals surface area contributed by atoms with Crippen LogP contribution in [0.2, 0.25) is 5.15 Å². The molecule has 4 aromatic heterocycles. The number of hydrogen-bond donors (Lipinski definition) is 2. The van der Waals surface area contributed by atoms with E-state index in [1.165, 1.54) is 10.9 Å². The Balaban J connectivity index is 1.33. The maximum absolute atomic E-state index is 13.1. The molecule has 5 aromatic rings. The van der Waals surface area contributed by atoms with Gasteiger partial charge in [-0.15, -0.1) is 0 Å². The van der Waals surface area contributed by atoms with Gasteiger partial charge in [-0.05, 0) is 17.7 Å². The highest BCUT2D eigenvalue weighted by Gasteiger charge is 2.22. The normalized spacial score (nSPS) is 10.9. The number of fused-ring (bicyclic) bond motifs is 1. The van der Waals surface area contributed by atoms with Gasteiger partial charge in [0, 0.05) is 37.7 Å². The van der Waals surface area contributed by atoms with Crippen molar-refractivity contribution in [3.05, 3.63) is 95.3 Å². The van der Waals surface area contributed by atoms with Gasteiger partial charge in [-0.25, -0.2) is 9.97 Å². The third kappa shape index (κ3) is 4.73. The molecule has 0 aliphatic carbocycles. The maximum atomic E-state index is 13.1. The van der Waals surface area contributed by atoms with Crippen molar-refractivity contribution in [2.24, 2.45) is 7.05 Å². The minimum atomic E-state index is -0.519. The lowest BCUT2D eigenvalue weighted by atomic mass is 10.2. The second kappa shape index (κ2) is 9.35. The Bertz CT molecular complexity index is 1530. The average Bonchev–Trinajstić information content (AvgIpc) is 3.47. The standard InChI is InChI=1S/C24H19ClN8O2/c1-32-21(17(13-28-32)22(34)27-12-15-7-8-19(25)26-11-15)23(35)30-20-9-10-33-14-18(29-24(33)31-20)16-5-3-2-4-6-16/h2-11,13-14H,12H2,1H3,(H,27,34)(H,29,30,31,35). The lowest BCUT2D eigenvalue weighted by Gasteiger charge is -2.08. The maximum Gasteiger partial charge on any atom is 0.275 e. The lowest BCUT2D eigenvalue weighted by molar-refractivity contribution is 0.0936. The first-order valence-corrected chi connectivity index (χ1v) is 11.0. The number of carbonyl (C=O) groups excluding carboxylic acids is 2. The summed E-state index contributed by atoms with van der Waals surface area (Å²) in [5.41, 5.74) is 2.74. The van der Waals surface area contributed by atoms with E-state index in [0.717, 1.165) is 16.8 Å². The molecule has 35 heavy (non-hydrogen) atoms. The van der Waals surface area contributed by atoms with Crippen molar-refractivity contribution in [1.29, 1.82) is 0 Å². The molecular weight excluding hydrogens is 468 g/mol. The number of anilines is 1. The number of rotatable bonds is 6. The Morgan fingerprint density at radius 1 is 1.00 bits per heavy atom. The van der Waals surface area contributed by atoms with E-state index in [0.29, 0.717) is 16.7 Å². The van der Waals surface area contributed by atoms with Crippen molar-refractivity contribution < 1.29 is 9.59 Å². The van der Waals surface area contributed by atoms with Gasteiger partial charge in [-0.3, -0.25) is 18.7 Å². The van der Waals surface area contributed by atoms with Crippen LogP contribution in [-0.4, -0.2) is 40.9 Å². The summed E-state index contributed by atoms with van der Waals surface area (Å²) in [7, 11) is 1.59. The summed E-state index contributed by atoms with van der Waals surface area (Å²) >= 11 is 5.79. The van der Waals surface area contributed by atoms with Gasteiger partial charge in [0.1, 0.15) is 16.7 Å². The molecule has 10 nitrogen and oxygen atoms in total. The number of carbonyl (C=O) groups is 2. The van der Waals surface area contributed by atoms with Gasteiger partial charge in [0.2, 0.25) is 5.78 Å². The van der Waals surface area contributed by atoms with Crippen LogP contribution in [-0.2, 0) is 13.6 Å². The summed E-state index contributed by atoms with van der Waals surface area (Å²) in [4.78, 5) is 38.8. The van der Waals surface area contributed by atoms with Crippen molar-refractivity contribution >= 4 is 35.0 Å². The van der Waals surface area contributed by atoms with Crippen molar-refractivity contribution in [2.45, 2.75) is 6.54 Å². The highest BCUT2D eigenvalue weighted by molar-refractivity contribution is 6.29. The molecule has 4 heterocycles. The van der Waals surface area contributed by atoms with Gasteiger partial charge >= 0.3 is 0 Å². The SMILES string of the molecule is Cn1ncc(C(=O)NCc2ccc(Cl)nc2)c1C(=O)Nc1ccn2cc(-c3ccccc3)nc2n1. The molecule has 2 amide bonds. The highest BCUT2D eigenvalue weighted by Crippen LogP contribution is 2.19. The quantitative estimate of drug-likeness (QED) is 0.355. The first-order chi connectivity index (χ1) is 17.0.